The van der Waals surface area contributed by atoms with Crippen molar-refractivity contribution < 1.29 is 4.79 Å². The first-order chi connectivity index (χ1) is 12.0. The van der Waals surface area contributed by atoms with Crippen LogP contribution in [0, 0.1) is 5.92 Å². The van der Waals surface area contributed by atoms with Crippen molar-refractivity contribution in [1.82, 2.24) is 19.8 Å². The molecule has 2 heterocycles. The van der Waals surface area contributed by atoms with Gasteiger partial charge >= 0.3 is 11.1 Å². The number of piperidine rings is 1. The van der Waals surface area contributed by atoms with Crippen LogP contribution in [0.5, 0.6) is 0 Å². The van der Waals surface area contributed by atoms with Crippen molar-refractivity contribution in [3.05, 3.63) is 44.5 Å². The molecule has 25 heavy (non-hydrogen) atoms. The standard InChI is InChI=1S/C18H24N4O3/c1-3-22-15-5-4-13(10-14(15)20-16(23)18(22)25)17(24)21-8-6-12(7-9-21)11-19-2/h4-5,10,12,19H,3,6-9,11H2,1-2H3,(H,20,23). The van der Waals surface area contributed by atoms with Gasteiger partial charge in [-0.25, -0.2) is 0 Å². The second-order valence-corrected chi connectivity index (χ2v) is 6.53. The minimum absolute atomic E-state index is 0.0279. The summed E-state index contributed by atoms with van der Waals surface area (Å²) in [5.74, 6) is 0.584. The van der Waals surface area contributed by atoms with E-state index < -0.39 is 11.1 Å². The van der Waals surface area contributed by atoms with Crippen molar-refractivity contribution >= 4 is 16.9 Å². The number of hydrogen-bond acceptors (Lipinski definition) is 4. The number of likely N-dealkylation sites (tertiary alicyclic amines) is 1. The van der Waals surface area contributed by atoms with Crippen molar-refractivity contribution in [3.63, 3.8) is 0 Å². The number of H-pyrrole nitrogens is 1. The van der Waals surface area contributed by atoms with Gasteiger partial charge in [-0.1, -0.05) is 0 Å². The van der Waals surface area contributed by atoms with Crippen LogP contribution in [0.25, 0.3) is 11.0 Å². The van der Waals surface area contributed by atoms with Gasteiger partial charge in [0.25, 0.3) is 5.91 Å². The largest absolute Gasteiger partial charge is 0.339 e. The van der Waals surface area contributed by atoms with Gasteiger partial charge in [0.2, 0.25) is 0 Å². The van der Waals surface area contributed by atoms with Crippen LogP contribution in [0.1, 0.15) is 30.1 Å². The molecule has 1 saturated heterocycles. The second kappa shape index (κ2) is 7.23. The van der Waals surface area contributed by atoms with E-state index in [0.29, 0.717) is 29.1 Å². The molecule has 2 N–H and O–H groups in total. The lowest BCUT2D eigenvalue weighted by atomic mass is 9.96. The number of hydrogen-bond donors (Lipinski definition) is 2. The molecule has 2 aromatic rings. The molecular weight excluding hydrogens is 320 g/mol. The van der Waals surface area contributed by atoms with Gasteiger partial charge < -0.3 is 19.8 Å². The van der Waals surface area contributed by atoms with Gasteiger partial charge in [-0.3, -0.25) is 14.4 Å². The molecule has 7 nitrogen and oxygen atoms in total. The van der Waals surface area contributed by atoms with Crippen LogP contribution in [-0.2, 0) is 6.54 Å². The summed E-state index contributed by atoms with van der Waals surface area (Å²) in [6.07, 6.45) is 1.98. The van der Waals surface area contributed by atoms with E-state index in [4.69, 9.17) is 0 Å². The number of aromatic nitrogens is 2. The highest BCUT2D eigenvalue weighted by atomic mass is 16.2. The predicted octanol–water partition coefficient (Wildman–Crippen LogP) is 0.781. The fourth-order valence-corrected chi connectivity index (χ4v) is 3.54. The van der Waals surface area contributed by atoms with Gasteiger partial charge in [0.1, 0.15) is 0 Å². The summed E-state index contributed by atoms with van der Waals surface area (Å²) in [7, 11) is 1.95. The van der Waals surface area contributed by atoms with Crippen LogP contribution in [0.3, 0.4) is 0 Å². The first-order valence-corrected chi connectivity index (χ1v) is 8.76. The third-order valence-electron chi connectivity index (χ3n) is 4.93. The zero-order valence-electron chi connectivity index (χ0n) is 14.7. The molecule has 134 valence electrons. The van der Waals surface area contributed by atoms with E-state index in [1.807, 2.05) is 18.9 Å². The summed E-state index contributed by atoms with van der Waals surface area (Å²) in [4.78, 5) is 40.9. The Morgan fingerprint density at radius 1 is 1.28 bits per heavy atom. The topological polar surface area (TPSA) is 87.2 Å². The molecule has 1 aliphatic rings. The number of fused-ring (bicyclic) bond motifs is 1. The second-order valence-electron chi connectivity index (χ2n) is 6.53. The lowest BCUT2D eigenvalue weighted by Gasteiger charge is -2.32. The van der Waals surface area contributed by atoms with Gasteiger partial charge in [-0.15, -0.1) is 0 Å². The molecule has 0 atom stereocenters. The number of rotatable bonds is 4. The summed E-state index contributed by atoms with van der Waals surface area (Å²) in [5.41, 5.74) is 0.461. The Kier molecular flexibility index (Phi) is 5.03. The Bertz CT molecular complexity index is 891. The summed E-state index contributed by atoms with van der Waals surface area (Å²) >= 11 is 0. The van der Waals surface area contributed by atoms with Crippen molar-refractivity contribution in [2.45, 2.75) is 26.3 Å². The van der Waals surface area contributed by atoms with Crippen molar-refractivity contribution in [3.8, 4) is 0 Å². The van der Waals surface area contributed by atoms with Crippen molar-refractivity contribution in [2.75, 3.05) is 26.7 Å². The molecule has 0 bridgehead atoms. The van der Waals surface area contributed by atoms with Gasteiger partial charge in [0.15, 0.2) is 0 Å². The van der Waals surface area contributed by atoms with Gasteiger partial charge in [0, 0.05) is 25.2 Å². The quantitative estimate of drug-likeness (QED) is 0.803. The predicted molar refractivity (Wildman–Crippen MR) is 97.1 cm³/mol. The van der Waals surface area contributed by atoms with Crippen LogP contribution in [0.4, 0.5) is 0 Å². The summed E-state index contributed by atoms with van der Waals surface area (Å²) in [6.45, 7) is 4.69. The maximum absolute atomic E-state index is 12.8. The summed E-state index contributed by atoms with van der Waals surface area (Å²) in [6, 6.07) is 5.13. The SMILES string of the molecule is CCn1c(=O)c(=O)[nH]c2cc(C(=O)N3CCC(CNC)CC3)ccc21. The number of amides is 1. The van der Waals surface area contributed by atoms with Crippen molar-refractivity contribution in [2.24, 2.45) is 5.92 Å². The van der Waals surface area contributed by atoms with Crippen LogP contribution < -0.4 is 16.4 Å². The van der Waals surface area contributed by atoms with Gasteiger partial charge in [-0.05, 0) is 57.5 Å². The maximum Gasteiger partial charge on any atom is 0.316 e. The van der Waals surface area contributed by atoms with Crippen LogP contribution in [-0.4, -0.2) is 47.0 Å². The van der Waals surface area contributed by atoms with Crippen LogP contribution >= 0.6 is 0 Å². The molecule has 0 spiro atoms. The number of nitrogens with zero attached hydrogens (tertiary/aromatic N) is 2. The van der Waals surface area contributed by atoms with Crippen LogP contribution in [0.2, 0.25) is 0 Å². The number of nitrogens with one attached hydrogen (secondary N) is 2. The third-order valence-corrected chi connectivity index (χ3v) is 4.93. The van der Waals surface area contributed by atoms with E-state index in [0.717, 1.165) is 32.5 Å². The fourth-order valence-electron chi connectivity index (χ4n) is 3.54. The van der Waals surface area contributed by atoms with E-state index in [-0.39, 0.29) is 5.91 Å². The lowest BCUT2D eigenvalue weighted by Crippen LogP contribution is -2.40. The Labute approximate surface area is 145 Å². The van der Waals surface area contributed by atoms with E-state index in [1.165, 1.54) is 4.57 Å². The highest BCUT2D eigenvalue weighted by Crippen LogP contribution is 2.20. The molecule has 0 unspecified atom stereocenters. The highest BCUT2D eigenvalue weighted by Gasteiger charge is 2.23. The molecule has 7 heteroatoms. The Morgan fingerprint density at radius 3 is 2.64 bits per heavy atom. The number of benzene rings is 1. The molecule has 3 rings (SSSR count). The van der Waals surface area contributed by atoms with Crippen molar-refractivity contribution in [1.29, 1.82) is 0 Å². The molecular formula is C18H24N4O3. The van der Waals surface area contributed by atoms with E-state index in [2.05, 4.69) is 10.3 Å². The van der Waals surface area contributed by atoms with E-state index in [1.54, 1.807) is 18.2 Å². The molecule has 1 amide bonds. The third kappa shape index (κ3) is 3.37. The lowest BCUT2D eigenvalue weighted by molar-refractivity contribution is 0.0691. The smallest absolute Gasteiger partial charge is 0.316 e. The molecule has 1 aromatic carbocycles. The van der Waals surface area contributed by atoms with Crippen LogP contribution in [0.15, 0.2) is 27.8 Å². The van der Waals surface area contributed by atoms with Gasteiger partial charge in [0.05, 0.1) is 11.0 Å². The zero-order valence-corrected chi connectivity index (χ0v) is 14.7. The Morgan fingerprint density at radius 2 is 2.00 bits per heavy atom. The highest BCUT2D eigenvalue weighted by molar-refractivity contribution is 5.97. The molecule has 0 aliphatic carbocycles. The maximum atomic E-state index is 12.8. The number of aryl methyl sites for hydroxylation is 1. The molecule has 0 radical (unpaired) electrons. The Hall–Kier alpha value is -2.41. The van der Waals surface area contributed by atoms with E-state index >= 15 is 0 Å². The minimum atomic E-state index is -0.660. The average Bonchev–Trinajstić information content (AvgIpc) is 2.63. The molecule has 1 fully saturated rings. The zero-order chi connectivity index (χ0) is 18.0. The Balaban J connectivity index is 1.87. The number of carbonyl (C=O) groups is 1. The van der Waals surface area contributed by atoms with Gasteiger partial charge in [-0.2, -0.15) is 0 Å². The number of aromatic amines is 1. The number of carbonyl (C=O) groups excluding carboxylic acids is 1. The molecule has 1 aromatic heterocycles. The normalized spacial score (nSPS) is 15.7. The fraction of sp³-hybridized carbons (Fsp3) is 0.500. The molecule has 0 saturated carbocycles. The summed E-state index contributed by atoms with van der Waals surface area (Å²) < 4.78 is 1.42. The first kappa shape index (κ1) is 17.4. The summed E-state index contributed by atoms with van der Waals surface area (Å²) in [5, 5.41) is 3.19. The van der Waals surface area contributed by atoms with E-state index in [9.17, 15) is 14.4 Å². The first-order valence-electron chi connectivity index (χ1n) is 8.76. The average molecular weight is 344 g/mol. The monoisotopic (exact) mass is 344 g/mol. The molecule has 1 aliphatic heterocycles. The minimum Gasteiger partial charge on any atom is -0.339 e.